The van der Waals surface area contributed by atoms with E-state index in [1.54, 1.807) is 18.3 Å². The molecule has 0 aliphatic carbocycles. The van der Waals surface area contributed by atoms with Crippen molar-refractivity contribution in [1.82, 2.24) is 10.3 Å². The molecule has 0 spiro atoms. The third-order valence-corrected chi connectivity index (χ3v) is 4.12. The fourth-order valence-corrected chi connectivity index (χ4v) is 2.95. The van der Waals surface area contributed by atoms with Crippen LogP contribution in [0.25, 0.3) is 0 Å². The second-order valence-electron chi connectivity index (χ2n) is 6.13. The van der Waals surface area contributed by atoms with Crippen LogP contribution in [0.4, 0.5) is 15.9 Å². The Morgan fingerprint density at radius 2 is 2.20 bits per heavy atom. The molecule has 6 nitrogen and oxygen atoms in total. The quantitative estimate of drug-likeness (QED) is 0.892. The molecule has 2 N–H and O–H groups in total. The Kier molecular flexibility index (Phi) is 4.65. The number of nitrogens with zero attached hydrogens (tertiary/aromatic N) is 2. The van der Waals surface area contributed by atoms with Crippen LogP contribution in [0.3, 0.4) is 0 Å². The molecule has 0 unspecified atom stereocenters. The van der Waals surface area contributed by atoms with Crippen LogP contribution < -0.4 is 15.5 Å². The molecular weight excluding hydrogens is 323 g/mol. The molecule has 2 amide bonds. The van der Waals surface area contributed by atoms with E-state index in [2.05, 4.69) is 15.6 Å². The van der Waals surface area contributed by atoms with Crippen molar-refractivity contribution < 1.29 is 14.0 Å². The number of hydrogen-bond acceptors (Lipinski definition) is 4. The van der Waals surface area contributed by atoms with Crippen molar-refractivity contribution in [3.05, 3.63) is 53.5 Å². The van der Waals surface area contributed by atoms with E-state index in [0.717, 1.165) is 11.4 Å². The van der Waals surface area contributed by atoms with Crippen molar-refractivity contribution in [1.29, 1.82) is 0 Å². The minimum Gasteiger partial charge on any atom is -0.362 e. The molecule has 1 aromatic carbocycles. The number of nitrogens with one attached hydrogen (secondary N) is 2. The van der Waals surface area contributed by atoms with Gasteiger partial charge in [0, 0.05) is 44.5 Å². The summed E-state index contributed by atoms with van der Waals surface area (Å²) >= 11 is 0. The lowest BCUT2D eigenvalue weighted by atomic mass is 9.89. The van der Waals surface area contributed by atoms with Crippen LogP contribution in [0.1, 0.15) is 23.5 Å². The van der Waals surface area contributed by atoms with Gasteiger partial charge < -0.3 is 15.5 Å². The lowest BCUT2D eigenvalue weighted by Crippen LogP contribution is -2.35. The number of hydrogen-bond donors (Lipinski definition) is 2. The highest BCUT2D eigenvalue weighted by atomic mass is 19.1. The maximum atomic E-state index is 13.4. The zero-order valence-corrected chi connectivity index (χ0v) is 14.0. The maximum Gasteiger partial charge on any atom is 0.228 e. The van der Waals surface area contributed by atoms with Gasteiger partial charge in [0.05, 0.1) is 5.92 Å². The van der Waals surface area contributed by atoms with Crippen LogP contribution >= 0.6 is 0 Å². The first-order valence-electron chi connectivity index (χ1n) is 7.94. The van der Waals surface area contributed by atoms with E-state index in [-0.39, 0.29) is 18.2 Å². The predicted octanol–water partition coefficient (Wildman–Crippen LogP) is 2.03. The molecule has 25 heavy (non-hydrogen) atoms. The summed E-state index contributed by atoms with van der Waals surface area (Å²) in [6, 6.07) is 7.77. The molecule has 0 bridgehead atoms. The van der Waals surface area contributed by atoms with Crippen molar-refractivity contribution in [2.75, 3.05) is 24.3 Å². The van der Waals surface area contributed by atoms with Crippen molar-refractivity contribution in [2.45, 2.75) is 18.9 Å². The summed E-state index contributed by atoms with van der Waals surface area (Å²) in [5, 5.41) is 5.47. The molecule has 1 aromatic heterocycles. The minimum absolute atomic E-state index is 0.0397. The number of amides is 2. The van der Waals surface area contributed by atoms with E-state index in [1.165, 1.54) is 12.1 Å². The van der Waals surface area contributed by atoms with Gasteiger partial charge in [-0.15, -0.1) is 0 Å². The van der Waals surface area contributed by atoms with Crippen molar-refractivity contribution >= 4 is 23.3 Å². The smallest absolute Gasteiger partial charge is 0.228 e. The number of fused-ring (bicyclic) bond motifs is 1. The van der Waals surface area contributed by atoms with Gasteiger partial charge in [0.2, 0.25) is 11.8 Å². The van der Waals surface area contributed by atoms with E-state index >= 15 is 0 Å². The molecule has 130 valence electrons. The summed E-state index contributed by atoms with van der Waals surface area (Å²) in [5.74, 6) is -0.883. The van der Waals surface area contributed by atoms with Crippen molar-refractivity contribution in [3.8, 4) is 0 Å². The molecule has 1 aliphatic rings. The zero-order chi connectivity index (χ0) is 18.0. The van der Waals surface area contributed by atoms with Gasteiger partial charge in [-0.1, -0.05) is 12.1 Å². The Morgan fingerprint density at radius 3 is 2.96 bits per heavy atom. The first-order chi connectivity index (χ1) is 12.0. The van der Waals surface area contributed by atoms with Crippen LogP contribution in [0.2, 0.25) is 0 Å². The summed E-state index contributed by atoms with van der Waals surface area (Å²) < 4.78 is 13.4. The Hall–Kier alpha value is -2.96. The average Bonchev–Trinajstić information content (AvgIpc) is 2.58. The molecule has 3 rings (SSSR count). The number of rotatable bonds is 4. The average molecular weight is 342 g/mol. The summed E-state index contributed by atoms with van der Waals surface area (Å²) in [7, 11) is 3.76. The molecule has 0 radical (unpaired) electrons. The van der Waals surface area contributed by atoms with E-state index in [0.29, 0.717) is 17.8 Å². The van der Waals surface area contributed by atoms with Gasteiger partial charge in [0.1, 0.15) is 11.6 Å². The summed E-state index contributed by atoms with van der Waals surface area (Å²) in [6.07, 6.45) is 1.73. The molecule has 2 aromatic rings. The Bertz CT molecular complexity index is 822. The largest absolute Gasteiger partial charge is 0.362 e. The number of benzene rings is 1. The van der Waals surface area contributed by atoms with Crippen LogP contribution in [0.15, 0.2) is 36.5 Å². The van der Waals surface area contributed by atoms with Crippen LogP contribution in [0, 0.1) is 5.82 Å². The van der Waals surface area contributed by atoms with E-state index in [1.807, 2.05) is 25.1 Å². The normalized spacial score (nSPS) is 16.0. The Labute approximate surface area is 145 Å². The van der Waals surface area contributed by atoms with E-state index < -0.39 is 11.7 Å². The highest BCUT2D eigenvalue weighted by molar-refractivity contribution is 6.01. The van der Waals surface area contributed by atoms with Crippen molar-refractivity contribution in [3.63, 3.8) is 0 Å². The fourth-order valence-electron chi connectivity index (χ4n) is 2.95. The molecular formula is C18H19FN4O2. The van der Waals surface area contributed by atoms with Crippen LogP contribution in [0.5, 0.6) is 0 Å². The minimum atomic E-state index is -0.635. The van der Waals surface area contributed by atoms with Gasteiger partial charge in [-0.2, -0.15) is 0 Å². The number of aromatic nitrogens is 1. The summed E-state index contributed by atoms with van der Waals surface area (Å²) in [5.41, 5.74) is 1.85. The van der Waals surface area contributed by atoms with Gasteiger partial charge in [-0.05, 0) is 23.8 Å². The van der Waals surface area contributed by atoms with E-state index in [4.69, 9.17) is 0 Å². The van der Waals surface area contributed by atoms with Gasteiger partial charge >= 0.3 is 0 Å². The van der Waals surface area contributed by atoms with E-state index in [9.17, 15) is 14.0 Å². The highest BCUT2D eigenvalue weighted by Gasteiger charge is 2.30. The maximum absolute atomic E-state index is 13.4. The fraction of sp³-hybridized carbons (Fsp3) is 0.278. The zero-order valence-electron chi connectivity index (χ0n) is 14.0. The first-order valence-corrected chi connectivity index (χ1v) is 7.94. The number of carbonyl (C=O) groups is 2. The molecule has 0 fully saturated rings. The van der Waals surface area contributed by atoms with Gasteiger partial charge in [0.15, 0.2) is 0 Å². The number of anilines is 2. The molecule has 2 heterocycles. The first kappa shape index (κ1) is 16.9. The van der Waals surface area contributed by atoms with Gasteiger partial charge in [0.25, 0.3) is 0 Å². The number of pyridine rings is 1. The monoisotopic (exact) mass is 342 g/mol. The van der Waals surface area contributed by atoms with Crippen LogP contribution in [-0.4, -0.2) is 30.9 Å². The summed E-state index contributed by atoms with van der Waals surface area (Å²) in [6.45, 7) is 0.300. The lowest BCUT2D eigenvalue weighted by Gasteiger charge is -2.25. The topological polar surface area (TPSA) is 74.3 Å². The second kappa shape index (κ2) is 6.88. The van der Waals surface area contributed by atoms with Crippen LogP contribution in [-0.2, 0) is 16.1 Å². The predicted molar refractivity (Wildman–Crippen MR) is 92.8 cm³/mol. The molecule has 7 heteroatoms. The Morgan fingerprint density at radius 1 is 1.40 bits per heavy atom. The standard InChI is InChI=1S/C18H19FN4O2/c1-23(2)17-11(4-3-7-20-17)10-21-18(25)14-9-16(24)22-15-8-12(19)5-6-13(14)15/h3-8,14H,9-10H2,1-2H3,(H,21,25)(H,22,24)/t14-/m0/s1. The number of carbonyl (C=O) groups excluding carboxylic acids is 2. The molecule has 1 atom stereocenters. The highest BCUT2D eigenvalue weighted by Crippen LogP contribution is 2.33. The molecule has 0 saturated heterocycles. The lowest BCUT2D eigenvalue weighted by molar-refractivity contribution is -0.126. The number of halogens is 1. The second-order valence-corrected chi connectivity index (χ2v) is 6.13. The molecule has 0 saturated carbocycles. The summed E-state index contributed by atoms with van der Waals surface area (Å²) in [4.78, 5) is 30.6. The molecule has 1 aliphatic heterocycles. The third kappa shape index (κ3) is 3.60. The Balaban J connectivity index is 1.78. The SMILES string of the molecule is CN(C)c1ncccc1CNC(=O)[C@H]1CC(=O)Nc2cc(F)ccc21. The third-order valence-electron chi connectivity index (χ3n) is 4.12. The van der Waals surface area contributed by atoms with Gasteiger partial charge in [-0.3, -0.25) is 9.59 Å². The van der Waals surface area contributed by atoms with Gasteiger partial charge in [-0.25, -0.2) is 9.37 Å². The van der Waals surface area contributed by atoms with Crippen molar-refractivity contribution in [2.24, 2.45) is 0 Å².